The smallest absolute Gasteiger partial charge is 0.335 e. The number of hydrogen-bond acceptors (Lipinski definition) is 5. The van der Waals surface area contributed by atoms with Gasteiger partial charge in [0.25, 0.3) is 0 Å². The van der Waals surface area contributed by atoms with Crippen LogP contribution in [-0.4, -0.2) is 37.8 Å². The number of carboxylic acids is 1. The first kappa shape index (κ1) is 23.0. The highest BCUT2D eigenvalue weighted by Gasteiger charge is 2.23. The van der Waals surface area contributed by atoms with E-state index < -0.39 is 5.97 Å². The zero-order valence-electron chi connectivity index (χ0n) is 20.5. The molecule has 5 aromatic rings. The molecule has 0 bridgehead atoms. The van der Waals surface area contributed by atoms with Gasteiger partial charge in [-0.15, -0.1) is 0 Å². The van der Waals surface area contributed by atoms with Gasteiger partial charge in [0.2, 0.25) is 0 Å². The average molecular weight is 494 g/mol. The second-order valence-electron chi connectivity index (χ2n) is 9.56. The van der Waals surface area contributed by atoms with Crippen molar-refractivity contribution in [2.75, 3.05) is 7.11 Å². The number of imidazole rings is 1. The molecule has 3 aromatic carbocycles. The van der Waals surface area contributed by atoms with Gasteiger partial charge < -0.3 is 19.5 Å². The first-order chi connectivity index (χ1) is 18.0. The molecule has 2 heterocycles. The van der Waals surface area contributed by atoms with Gasteiger partial charge in [0.1, 0.15) is 17.3 Å². The summed E-state index contributed by atoms with van der Waals surface area (Å²) < 4.78 is 7.75. The molecular weight excluding hydrogens is 466 g/mol. The molecular formula is C30H27N3O4. The third-order valence-electron chi connectivity index (χ3n) is 7.30. The molecule has 0 spiro atoms. The molecule has 0 unspecified atom stereocenters. The molecule has 0 aliphatic heterocycles. The first-order valence-corrected chi connectivity index (χ1v) is 12.6. The van der Waals surface area contributed by atoms with E-state index in [0.717, 1.165) is 40.6 Å². The number of aromatic hydroxyl groups is 1. The maximum absolute atomic E-state index is 11.6. The third kappa shape index (κ3) is 4.06. The maximum atomic E-state index is 11.6. The number of benzene rings is 3. The molecule has 0 amide bonds. The minimum absolute atomic E-state index is 0.116. The Hall–Kier alpha value is -4.39. The van der Waals surface area contributed by atoms with Crippen LogP contribution < -0.4 is 4.74 Å². The van der Waals surface area contributed by atoms with Gasteiger partial charge >= 0.3 is 5.97 Å². The van der Waals surface area contributed by atoms with Gasteiger partial charge in [-0.05, 0) is 67.4 Å². The van der Waals surface area contributed by atoms with Crippen LogP contribution in [0.3, 0.4) is 0 Å². The van der Waals surface area contributed by atoms with E-state index in [1.165, 1.54) is 19.3 Å². The lowest BCUT2D eigenvalue weighted by molar-refractivity contribution is 0.0697. The molecule has 2 N–H and O–H groups in total. The average Bonchev–Trinajstić information content (AvgIpc) is 3.31. The van der Waals surface area contributed by atoms with Gasteiger partial charge in [0.05, 0.1) is 40.5 Å². The Morgan fingerprint density at radius 1 is 0.946 bits per heavy atom. The molecule has 2 aromatic heterocycles. The van der Waals surface area contributed by atoms with Gasteiger partial charge in [-0.25, -0.2) is 14.8 Å². The van der Waals surface area contributed by atoms with Crippen molar-refractivity contribution in [2.24, 2.45) is 0 Å². The first-order valence-electron chi connectivity index (χ1n) is 12.6. The lowest BCUT2D eigenvalue weighted by atomic mass is 9.94. The van der Waals surface area contributed by atoms with Crippen LogP contribution in [0.4, 0.5) is 0 Å². The molecule has 37 heavy (non-hydrogen) atoms. The van der Waals surface area contributed by atoms with Crippen molar-refractivity contribution in [3.05, 3.63) is 72.3 Å². The van der Waals surface area contributed by atoms with Crippen LogP contribution in [-0.2, 0) is 0 Å². The molecule has 7 nitrogen and oxygen atoms in total. The predicted molar refractivity (Wildman–Crippen MR) is 143 cm³/mol. The predicted octanol–water partition coefficient (Wildman–Crippen LogP) is 6.84. The van der Waals surface area contributed by atoms with Crippen molar-refractivity contribution in [2.45, 2.75) is 38.1 Å². The van der Waals surface area contributed by atoms with Crippen LogP contribution in [0.25, 0.3) is 44.6 Å². The fourth-order valence-electron chi connectivity index (χ4n) is 5.50. The van der Waals surface area contributed by atoms with Gasteiger partial charge in [-0.1, -0.05) is 31.4 Å². The summed E-state index contributed by atoms with van der Waals surface area (Å²) in [4.78, 5) is 21.3. The Morgan fingerprint density at radius 2 is 1.78 bits per heavy atom. The number of ether oxygens (including phenoxy) is 1. The number of phenolic OH excluding ortho intramolecular Hbond substituents is 1. The fraction of sp³-hybridized carbons (Fsp3) is 0.233. The number of hydrogen-bond donors (Lipinski definition) is 2. The summed E-state index contributed by atoms with van der Waals surface area (Å²) in [5.74, 6) is 0.567. The molecule has 6 rings (SSSR count). The number of methoxy groups -OCH3 is 1. The second kappa shape index (κ2) is 9.24. The summed E-state index contributed by atoms with van der Waals surface area (Å²) in [5.41, 5.74) is 4.84. The molecule has 186 valence electrons. The van der Waals surface area contributed by atoms with E-state index in [9.17, 15) is 15.0 Å². The lowest BCUT2D eigenvalue weighted by Crippen LogP contribution is -2.14. The molecule has 1 aliphatic carbocycles. The zero-order chi connectivity index (χ0) is 25.5. The third-order valence-corrected chi connectivity index (χ3v) is 7.30. The largest absolute Gasteiger partial charge is 0.507 e. The highest BCUT2D eigenvalue weighted by molar-refractivity contribution is 5.94. The number of rotatable bonds is 5. The van der Waals surface area contributed by atoms with Crippen molar-refractivity contribution < 1.29 is 19.7 Å². The normalized spacial score (nSPS) is 14.3. The number of pyridine rings is 1. The van der Waals surface area contributed by atoms with Gasteiger partial charge in [-0.3, -0.25) is 0 Å². The topological polar surface area (TPSA) is 97.5 Å². The van der Waals surface area contributed by atoms with E-state index in [1.54, 1.807) is 37.4 Å². The Morgan fingerprint density at radius 3 is 2.57 bits per heavy atom. The van der Waals surface area contributed by atoms with Crippen molar-refractivity contribution >= 4 is 27.9 Å². The molecule has 7 heteroatoms. The molecule has 0 saturated heterocycles. The van der Waals surface area contributed by atoms with Crippen molar-refractivity contribution in [3.8, 4) is 34.1 Å². The monoisotopic (exact) mass is 493 g/mol. The number of nitrogens with zero attached hydrogens (tertiary/aromatic N) is 3. The summed E-state index contributed by atoms with van der Waals surface area (Å²) in [7, 11) is 1.57. The zero-order valence-corrected chi connectivity index (χ0v) is 20.5. The number of carbonyl (C=O) groups is 1. The summed E-state index contributed by atoms with van der Waals surface area (Å²) in [5, 5.41) is 20.9. The van der Waals surface area contributed by atoms with Crippen LogP contribution >= 0.6 is 0 Å². The molecule has 1 aliphatic rings. The number of phenols is 1. The van der Waals surface area contributed by atoms with E-state index in [0.29, 0.717) is 28.6 Å². The lowest BCUT2D eigenvalue weighted by Gasteiger charge is -2.25. The number of aromatic nitrogens is 3. The Bertz CT molecular complexity index is 1650. The molecule has 0 radical (unpaired) electrons. The van der Waals surface area contributed by atoms with Crippen LogP contribution in [0.1, 0.15) is 48.5 Å². The Labute approximate surface area is 214 Å². The summed E-state index contributed by atoms with van der Waals surface area (Å²) in [6.45, 7) is 0. The quantitative estimate of drug-likeness (QED) is 0.278. The van der Waals surface area contributed by atoms with Gasteiger partial charge in [0.15, 0.2) is 0 Å². The van der Waals surface area contributed by atoms with Crippen LogP contribution in [0.15, 0.2) is 66.7 Å². The number of fused-ring (bicyclic) bond motifs is 2. The molecule has 1 saturated carbocycles. The highest BCUT2D eigenvalue weighted by Crippen LogP contribution is 2.39. The molecule has 1 fully saturated rings. The number of aromatic carboxylic acids is 1. The van der Waals surface area contributed by atoms with Crippen molar-refractivity contribution in [1.29, 1.82) is 0 Å². The minimum Gasteiger partial charge on any atom is -0.507 e. The number of carboxylic acid groups (broad SMARTS) is 1. The van der Waals surface area contributed by atoms with Crippen LogP contribution in [0.2, 0.25) is 0 Å². The van der Waals surface area contributed by atoms with E-state index in [2.05, 4.69) is 10.6 Å². The second-order valence-corrected chi connectivity index (χ2v) is 9.56. The minimum atomic E-state index is -0.954. The highest BCUT2D eigenvalue weighted by atomic mass is 16.5. The van der Waals surface area contributed by atoms with E-state index >= 15 is 0 Å². The van der Waals surface area contributed by atoms with Crippen LogP contribution in [0, 0.1) is 0 Å². The maximum Gasteiger partial charge on any atom is 0.335 e. The molecule has 0 atom stereocenters. The van der Waals surface area contributed by atoms with E-state index in [1.807, 2.05) is 30.3 Å². The van der Waals surface area contributed by atoms with Crippen LogP contribution in [0.5, 0.6) is 11.5 Å². The van der Waals surface area contributed by atoms with E-state index in [-0.39, 0.29) is 11.3 Å². The summed E-state index contributed by atoms with van der Waals surface area (Å²) >= 11 is 0. The van der Waals surface area contributed by atoms with Gasteiger partial charge in [0, 0.05) is 17.0 Å². The van der Waals surface area contributed by atoms with Gasteiger partial charge in [-0.2, -0.15) is 0 Å². The SMILES string of the molecule is COc1cccc(O)c1-c1ccc2cc(-c3nc4cc(C(=O)O)ccc4n3C3CCCCC3)ccc2n1. The van der Waals surface area contributed by atoms with Crippen molar-refractivity contribution in [1.82, 2.24) is 14.5 Å². The Balaban J connectivity index is 1.48. The fourth-order valence-corrected chi connectivity index (χ4v) is 5.50. The van der Waals surface area contributed by atoms with Crippen molar-refractivity contribution in [3.63, 3.8) is 0 Å². The van der Waals surface area contributed by atoms with E-state index in [4.69, 9.17) is 14.7 Å². The standard InChI is InChI=1S/C30H27N3O4/c1-37-27-9-5-8-26(34)28(27)23-14-10-18-16-19(11-13-22(18)31-23)29-32-24-17-20(30(35)36)12-15-25(24)33(29)21-6-3-2-4-7-21/h5,8-17,21,34H,2-4,6-7H2,1H3,(H,35,36). The Kier molecular flexibility index (Phi) is 5.75. The summed E-state index contributed by atoms with van der Waals surface area (Å²) in [6, 6.07) is 20.6. The summed E-state index contributed by atoms with van der Waals surface area (Å²) in [6.07, 6.45) is 5.77.